The molecule has 0 radical (unpaired) electrons. The van der Waals surface area contributed by atoms with Gasteiger partial charge in [-0.1, -0.05) is 35.9 Å². The fourth-order valence-electron chi connectivity index (χ4n) is 12.7. The second-order valence-electron chi connectivity index (χ2n) is 23.4. The Morgan fingerprint density at radius 2 is 0.952 bits per heavy atom. The van der Waals surface area contributed by atoms with E-state index >= 15 is 0 Å². The van der Waals surface area contributed by atoms with Crippen LogP contribution in [0.5, 0.6) is 0 Å². The van der Waals surface area contributed by atoms with Gasteiger partial charge < -0.3 is 24.0 Å². The molecule has 4 unspecified atom stereocenters. The van der Waals surface area contributed by atoms with E-state index in [0.29, 0.717) is 67.9 Å². The molecule has 4 aromatic rings. The number of piperidine rings is 1. The number of rotatable bonds is 10. The molecule has 2 amide bonds. The molecule has 22 heteroatoms. The fraction of sp³-hybridized carbons (Fsp3) is 0.484. The maximum atomic E-state index is 13.9. The summed E-state index contributed by atoms with van der Waals surface area (Å²) >= 11 is 0. The van der Waals surface area contributed by atoms with Gasteiger partial charge in [0.15, 0.2) is 0 Å². The number of hydrogen-bond donors (Lipinski definition) is 0. The Hall–Kier alpha value is -6.10. The summed E-state index contributed by atoms with van der Waals surface area (Å²) in [6, 6.07) is 13.5. The van der Waals surface area contributed by atoms with Crippen LogP contribution in [0.4, 0.5) is 61.5 Å². The Morgan fingerprint density at radius 1 is 0.548 bits per heavy atom. The van der Waals surface area contributed by atoms with Gasteiger partial charge >= 0.3 is 24.7 Å². The van der Waals surface area contributed by atoms with Crippen molar-refractivity contribution in [3.05, 3.63) is 176 Å². The second-order valence-corrected chi connectivity index (χ2v) is 23.4. The summed E-state index contributed by atoms with van der Waals surface area (Å²) in [4.78, 5) is 32.4. The molecule has 0 spiro atoms. The van der Waals surface area contributed by atoms with Crippen molar-refractivity contribution in [2.75, 3.05) is 39.4 Å². The third-order valence-corrected chi connectivity index (χ3v) is 17.0. The zero-order chi connectivity index (χ0) is 61.0. The average molecular weight is 1200 g/mol. The number of alkyl halides is 12. The summed E-state index contributed by atoms with van der Waals surface area (Å²) in [6.07, 6.45) is -15.2. The molecule has 6 heterocycles. The van der Waals surface area contributed by atoms with Crippen molar-refractivity contribution in [1.29, 1.82) is 0 Å². The molecule has 84 heavy (non-hydrogen) atoms. The van der Waals surface area contributed by atoms with Crippen molar-refractivity contribution in [2.45, 2.75) is 145 Å². The third-order valence-electron chi connectivity index (χ3n) is 17.0. The highest BCUT2D eigenvalue weighted by atomic mass is 19.4. The highest BCUT2D eigenvalue weighted by Crippen LogP contribution is 2.48. The van der Waals surface area contributed by atoms with Gasteiger partial charge in [-0.15, -0.1) is 0 Å². The van der Waals surface area contributed by atoms with Crippen molar-refractivity contribution in [3.63, 3.8) is 0 Å². The minimum atomic E-state index is -4.99. The van der Waals surface area contributed by atoms with Crippen molar-refractivity contribution in [2.24, 2.45) is 5.92 Å². The van der Waals surface area contributed by atoms with E-state index in [2.05, 4.69) is 25.7 Å². The first-order valence-electron chi connectivity index (χ1n) is 27.7. The lowest BCUT2D eigenvalue weighted by molar-refractivity contribution is -0.145. The van der Waals surface area contributed by atoms with E-state index in [0.717, 1.165) is 42.7 Å². The van der Waals surface area contributed by atoms with Crippen LogP contribution in [-0.2, 0) is 48.5 Å². The van der Waals surface area contributed by atoms with Gasteiger partial charge in [0, 0.05) is 54.7 Å². The molecule has 3 fully saturated rings. The molecule has 10 rings (SSSR count). The second kappa shape index (κ2) is 24.0. The van der Waals surface area contributed by atoms with Crippen LogP contribution in [0.15, 0.2) is 120 Å². The first kappa shape index (κ1) is 62.4. The molecule has 454 valence electrons. The summed E-state index contributed by atoms with van der Waals surface area (Å²) in [5, 5.41) is 0. The Labute approximate surface area is 477 Å². The number of hydrogen-bond acceptors (Lipinski definition) is 6. The van der Waals surface area contributed by atoms with Crippen molar-refractivity contribution in [3.8, 4) is 0 Å². The number of halogens is 14. The predicted octanol–water partition coefficient (Wildman–Crippen LogP) is 15.1. The largest absolute Gasteiger partial charge is 0.416 e. The number of nitrogens with zero attached hydrogens (tertiary/aromatic N) is 3. The Bertz CT molecular complexity index is 3070. The standard InChI is InChI=1S/C33H37F7N2O2.C29H26F7NO3/c1-19(22-13-24(32(35,36)37)17-25(14-22)33(38,39)40)44-28-18-42-27(30(28)21-5-7-26(34)8-6-21)15-23(16-29(42)43)20-9-11-41(12-10-20)31(2,3)4;1-16(19-10-21(28(31,32)33)14-22(11-19)29(34,35)36)40-25-15-37-24(27(25)18-2-4-23(30)5-3-18)12-20(13-26(37)38)17-6-8-39-9-7-17/h5-8,13-14,16-17,19-20,27-28,30H,9-12,15,18H2,1-4H3;2-6,10-11,13-14,16,24-25,27H,7-9,12,15H2,1H3/t19-,27?,28?,30+;16-,24?,25?,27+/m11/s1. The van der Waals surface area contributed by atoms with E-state index in [1.165, 1.54) is 38.1 Å². The van der Waals surface area contributed by atoms with Gasteiger partial charge in [-0.2, -0.15) is 52.7 Å². The number of benzene rings is 4. The smallest absolute Gasteiger partial charge is 0.377 e. The maximum Gasteiger partial charge on any atom is 0.416 e. The Kier molecular flexibility index (Phi) is 17.8. The van der Waals surface area contributed by atoms with E-state index in [1.54, 1.807) is 46.2 Å². The summed E-state index contributed by atoms with van der Waals surface area (Å²) < 4.78 is 207. The predicted molar refractivity (Wildman–Crippen MR) is 282 cm³/mol. The molecular formula is C62H63F14N3O5. The third kappa shape index (κ3) is 14.1. The SMILES string of the molecule is C[C@@H](OC1CN2C(=O)C=C(C3=CCOCC3)CC2[C@@H]1c1ccc(F)cc1)c1cc(C(F)(F)F)cc(C(F)(F)F)c1.C[C@@H](OC1CN2C(=O)C=C(C3CCN(C(C)(C)C)CC3)CC2[C@@H]1c1ccc(F)cc1)c1cc(C(F)(F)F)cc(C(F)(F)F)c1. The summed E-state index contributed by atoms with van der Waals surface area (Å²) in [5.74, 6) is -2.12. The van der Waals surface area contributed by atoms with E-state index in [-0.39, 0.29) is 65.7 Å². The zero-order valence-electron chi connectivity index (χ0n) is 46.5. The van der Waals surface area contributed by atoms with Crippen LogP contribution >= 0.6 is 0 Å². The van der Waals surface area contributed by atoms with Gasteiger partial charge in [-0.3, -0.25) is 14.5 Å². The number of ether oxygens (including phenoxy) is 3. The molecule has 3 saturated heterocycles. The first-order valence-corrected chi connectivity index (χ1v) is 27.7. The van der Waals surface area contributed by atoms with E-state index in [1.807, 2.05) is 6.08 Å². The van der Waals surface area contributed by atoms with E-state index < -0.39 is 101 Å². The van der Waals surface area contributed by atoms with Crippen molar-refractivity contribution < 1.29 is 85.3 Å². The van der Waals surface area contributed by atoms with Gasteiger partial charge in [-0.05, 0) is 180 Å². The average Bonchev–Trinajstić information content (AvgIpc) is 2.49. The van der Waals surface area contributed by atoms with Gasteiger partial charge in [0.2, 0.25) is 11.8 Å². The molecule has 8 nitrogen and oxygen atoms in total. The number of carbonyl (C=O) groups is 2. The van der Waals surface area contributed by atoms with Gasteiger partial charge in [-0.25, -0.2) is 8.78 Å². The van der Waals surface area contributed by atoms with Crippen LogP contribution in [0.2, 0.25) is 0 Å². The van der Waals surface area contributed by atoms with Crippen molar-refractivity contribution >= 4 is 11.8 Å². The molecule has 8 atom stereocenters. The monoisotopic (exact) mass is 1200 g/mol. The van der Waals surface area contributed by atoms with E-state index in [9.17, 15) is 71.1 Å². The maximum absolute atomic E-state index is 13.9. The number of amides is 2. The summed E-state index contributed by atoms with van der Waals surface area (Å²) in [5.41, 5.74) is -1.99. The van der Waals surface area contributed by atoms with Gasteiger partial charge in [0.1, 0.15) is 11.6 Å². The molecule has 0 aromatic heterocycles. The lowest BCUT2D eigenvalue weighted by Gasteiger charge is -2.43. The van der Waals surface area contributed by atoms with Crippen LogP contribution in [0, 0.1) is 17.6 Å². The van der Waals surface area contributed by atoms with Crippen LogP contribution in [-0.4, -0.2) is 95.7 Å². The number of likely N-dealkylation sites (tertiary alicyclic amines) is 1. The van der Waals surface area contributed by atoms with Crippen LogP contribution in [0.3, 0.4) is 0 Å². The lowest BCUT2D eigenvalue weighted by Crippen LogP contribution is -2.47. The van der Waals surface area contributed by atoms with Crippen LogP contribution in [0.25, 0.3) is 0 Å². The molecule has 0 saturated carbocycles. The normalized spacial score (nSPS) is 24.6. The molecule has 0 aliphatic carbocycles. The molecule has 6 aliphatic rings. The highest BCUT2D eigenvalue weighted by Gasteiger charge is 2.51. The Morgan fingerprint density at radius 3 is 1.33 bits per heavy atom. The summed E-state index contributed by atoms with van der Waals surface area (Å²) in [6.45, 7) is 12.2. The van der Waals surface area contributed by atoms with Crippen LogP contribution < -0.4 is 0 Å². The molecule has 0 bridgehead atoms. The molecule has 6 aliphatic heterocycles. The van der Waals surface area contributed by atoms with Gasteiger partial charge in [0.25, 0.3) is 0 Å². The fourth-order valence-corrected chi connectivity index (χ4v) is 12.7. The zero-order valence-corrected chi connectivity index (χ0v) is 46.5. The quantitative estimate of drug-likeness (QED) is 0.147. The number of fused-ring (bicyclic) bond motifs is 2. The highest BCUT2D eigenvalue weighted by molar-refractivity contribution is 5.91. The van der Waals surface area contributed by atoms with Gasteiger partial charge in [0.05, 0.1) is 59.9 Å². The lowest BCUT2D eigenvalue weighted by atomic mass is 9.79. The van der Waals surface area contributed by atoms with Crippen LogP contribution in [0.1, 0.15) is 135 Å². The first-order chi connectivity index (χ1) is 39.2. The summed E-state index contributed by atoms with van der Waals surface area (Å²) in [7, 11) is 0. The number of carbonyl (C=O) groups excluding carboxylic acids is 2. The van der Waals surface area contributed by atoms with Crippen molar-refractivity contribution in [1.82, 2.24) is 14.7 Å². The Balaban J connectivity index is 0.000000202. The molecule has 0 N–H and O–H groups in total. The minimum absolute atomic E-state index is 0.0411. The minimum Gasteiger partial charge on any atom is -0.377 e. The topological polar surface area (TPSA) is 71.5 Å². The van der Waals surface area contributed by atoms with E-state index in [4.69, 9.17) is 14.2 Å². The molecular weight excluding hydrogens is 1130 g/mol. The molecule has 4 aromatic carbocycles.